The molecule has 0 amide bonds. The topological polar surface area (TPSA) is 24.7 Å². The maximum absolute atomic E-state index is 4.62. The second kappa shape index (κ2) is 6.15. The molecule has 2 rings (SSSR count). The summed E-state index contributed by atoms with van der Waals surface area (Å²) < 4.78 is 0. The van der Waals surface area contributed by atoms with Crippen molar-refractivity contribution in [3.8, 4) is 0 Å². The van der Waals surface area contributed by atoms with Gasteiger partial charge in [0.05, 0.1) is 17.6 Å². The molecule has 0 aliphatic heterocycles. The van der Waals surface area contributed by atoms with E-state index in [1.54, 1.807) is 0 Å². The second-order valence-corrected chi connectivity index (χ2v) is 7.83. The fourth-order valence-corrected chi connectivity index (χ4v) is 3.54. The van der Waals surface area contributed by atoms with Gasteiger partial charge in [0.2, 0.25) is 0 Å². The summed E-state index contributed by atoms with van der Waals surface area (Å²) in [5.41, 5.74) is 1.33. The largest absolute Gasteiger partial charge is 0.222 e. The Hall–Kier alpha value is -1.40. The molecule has 1 aliphatic rings. The van der Waals surface area contributed by atoms with E-state index in [4.69, 9.17) is 0 Å². The molecule has 2 atom stereocenters. The van der Waals surface area contributed by atoms with Gasteiger partial charge in [0.15, 0.2) is 0 Å². The molecule has 21 heavy (non-hydrogen) atoms. The Morgan fingerprint density at radius 1 is 1.14 bits per heavy atom. The van der Waals surface area contributed by atoms with E-state index in [-0.39, 0.29) is 5.54 Å². The van der Waals surface area contributed by atoms with Crippen molar-refractivity contribution in [2.75, 3.05) is 0 Å². The Morgan fingerprint density at radius 2 is 1.81 bits per heavy atom. The van der Waals surface area contributed by atoms with Crippen LogP contribution in [-0.2, 0) is 5.54 Å². The normalized spacial score (nSPS) is 25.0. The van der Waals surface area contributed by atoms with E-state index in [1.165, 1.54) is 12.0 Å². The molecule has 2 unspecified atom stereocenters. The monoisotopic (exact) mass is 284 g/mol. The van der Waals surface area contributed by atoms with Crippen LogP contribution in [0.5, 0.6) is 0 Å². The van der Waals surface area contributed by atoms with Crippen molar-refractivity contribution in [1.29, 1.82) is 0 Å². The summed E-state index contributed by atoms with van der Waals surface area (Å²) in [6.07, 6.45) is 3.61. The molecular weight excluding hydrogens is 256 g/mol. The van der Waals surface area contributed by atoms with Gasteiger partial charge >= 0.3 is 0 Å². The fourth-order valence-electron chi connectivity index (χ4n) is 3.54. The molecule has 2 nitrogen and oxygen atoms in total. The van der Waals surface area contributed by atoms with E-state index in [0.717, 1.165) is 18.8 Å². The minimum Gasteiger partial charge on any atom is -0.222 e. The molecule has 1 fully saturated rings. The van der Waals surface area contributed by atoms with Gasteiger partial charge in [-0.2, -0.15) is 0 Å². The molecule has 0 radical (unpaired) electrons. The van der Waals surface area contributed by atoms with Crippen molar-refractivity contribution in [3.63, 3.8) is 0 Å². The van der Waals surface area contributed by atoms with Gasteiger partial charge in [0.25, 0.3) is 0 Å². The van der Waals surface area contributed by atoms with E-state index in [9.17, 15) is 0 Å². The molecule has 1 aromatic rings. The van der Waals surface area contributed by atoms with Crippen LogP contribution in [0, 0.1) is 11.3 Å². The molecular formula is C19H28N2. The van der Waals surface area contributed by atoms with Gasteiger partial charge in [0, 0.05) is 0 Å². The standard InChI is InChI=1S/C19H28N2/c1-15-11-17(13-18(2,3)12-15)20-14-21-19(4,5)16-9-7-6-8-10-16/h6-10,15,17H,11-13H2,1-5H3. The molecule has 0 aromatic heterocycles. The summed E-state index contributed by atoms with van der Waals surface area (Å²) in [6.45, 7) is 11.2. The van der Waals surface area contributed by atoms with Crippen LogP contribution in [-0.4, -0.2) is 12.1 Å². The molecule has 1 aliphatic carbocycles. The van der Waals surface area contributed by atoms with E-state index >= 15 is 0 Å². The van der Waals surface area contributed by atoms with Crippen LogP contribution in [0.2, 0.25) is 0 Å². The first-order valence-corrected chi connectivity index (χ1v) is 8.01. The first-order valence-electron chi connectivity index (χ1n) is 8.01. The Morgan fingerprint density at radius 3 is 2.43 bits per heavy atom. The number of benzene rings is 1. The Bertz CT molecular complexity index is 522. The maximum Gasteiger partial charge on any atom is 0.0910 e. The van der Waals surface area contributed by atoms with Crippen LogP contribution in [0.4, 0.5) is 0 Å². The van der Waals surface area contributed by atoms with Gasteiger partial charge in [-0.25, -0.2) is 9.98 Å². The molecule has 1 aromatic carbocycles. The van der Waals surface area contributed by atoms with Crippen LogP contribution < -0.4 is 0 Å². The third-order valence-electron chi connectivity index (χ3n) is 4.41. The molecule has 0 bridgehead atoms. The summed E-state index contributed by atoms with van der Waals surface area (Å²) in [4.78, 5) is 9.20. The van der Waals surface area contributed by atoms with Gasteiger partial charge in [-0.3, -0.25) is 0 Å². The predicted molar refractivity (Wildman–Crippen MR) is 89.9 cm³/mol. The van der Waals surface area contributed by atoms with Gasteiger partial charge in [0.1, 0.15) is 0 Å². The molecule has 2 heteroatoms. The van der Waals surface area contributed by atoms with Crippen molar-refractivity contribution in [1.82, 2.24) is 0 Å². The summed E-state index contributed by atoms with van der Waals surface area (Å²) in [7, 11) is 0. The van der Waals surface area contributed by atoms with Gasteiger partial charge < -0.3 is 0 Å². The molecule has 0 N–H and O–H groups in total. The third kappa shape index (κ3) is 4.54. The number of hydrogen-bond donors (Lipinski definition) is 0. The van der Waals surface area contributed by atoms with Crippen LogP contribution in [0.15, 0.2) is 40.3 Å². The number of nitrogens with zero attached hydrogens (tertiary/aromatic N) is 2. The summed E-state index contributed by atoms with van der Waals surface area (Å²) in [5, 5.41) is 0. The zero-order chi connectivity index (χ0) is 15.5. The third-order valence-corrected chi connectivity index (χ3v) is 4.41. The molecule has 0 saturated heterocycles. The van der Waals surface area contributed by atoms with Gasteiger partial charge in [-0.05, 0) is 50.0 Å². The van der Waals surface area contributed by atoms with Crippen LogP contribution in [0.1, 0.15) is 59.4 Å². The SMILES string of the molecule is CC1CC(N=C=NC(C)(C)c2ccccc2)CC(C)(C)C1. The Labute approximate surface area is 129 Å². The van der Waals surface area contributed by atoms with Crippen LogP contribution in [0.3, 0.4) is 0 Å². The van der Waals surface area contributed by atoms with Crippen molar-refractivity contribution >= 4 is 6.01 Å². The summed E-state index contributed by atoms with van der Waals surface area (Å²) >= 11 is 0. The van der Waals surface area contributed by atoms with E-state index < -0.39 is 0 Å². The molecule has 114 valence electrons. The highest BCUT2D eigenvalue weighted by molar-refractivity contribution is 5.44. The average Bonchev–Trinajstić information content (AvgIpc) is 2.37. The van der Waals surface area contributed by atoms with Crippen LogP contribution in [0.25, 0.3) is 0 Å². The smallest absolute Gasteiger partial charge is 0.0910 e. The van der Waals surface area contributed by atoms with Crippen LogP contribution >= 0.6 is 0 Å². The van der Waals surface area contributed by atoms with E-state index in [1.807, 2.05) is 6.07 Å². The fraction of sp³-hybridized carbons (Fsp3) is 0.632. The van der Waals surface area contributed by atoms with Crippen molar-refractivity contribution in [3.05, 3.63) is 35.9 Å². The quantitative estimate of drug-likeness (QED) is 0.672. The summed E-state index contributed by atoms with van der Waals surface area (Å²) in [6, 6.07) is 13.7. The number of rotatable bonds is 3. The Kier molecular flexibility index (Phi) is 4.68. The lowest BCUT2D eigenvalue weighted by molar-refractivity contribution is 0.171. The van der Waals surface area contributed by atoms with Crippen molar-refractivity contribution in [2.24, 2.45) is 21.3 Å². The van der Waals surface area contributed by atoms with Crippen molar-refractivity contribution < 1.29 is 0 Å². The lowest BCUT2D eigenvalue weighted by Gasteiger charge is -2.36. The first-order chi connectivity index (χ1) is 9.78. The predicted octanol–water partition coefficient (Wildman–Crippen LogP) is 5.31. The lowest BCUT2D eigenvalue weighted by Crippen LogP contribution is -2.29. The highest BCUT2D eigenvalue weighted by Gasteiger charge is 2.31. The number of aliphatic imine (C=N–C) groups is 2. The Balaban J connectivity index is 2.09. The van der Waals surface area contributed by atoms with E-state index in [0.29, 0.717) is 11.5 Å². The van der Waals surface area contributed by atoms with E-state index in [2.05, 4.69) is 74.9 Å². The molecule has 0 spiro atoms. The van der Waals surface area contributed by atoms with Gasteiger partial charge in [-0.15, -0.1) is 0 Å². The zero-order valence-electron chi connectivity index (χ0n) is 14.1. The first kappa shape index (κ1) is 16.0. The summed E-state index contributed by atoms with van der Waals surface area (Å²) in [5.74, 6) is 0.742. The minimum absolute atomic E-state index is 0.263. The lowest BCUT2D eigenvalue weighted by atomic mass is 9.71. The highest BCUT2D eigenvalue weighted by Crippen LogP contribution is 2.39. The van der Waals surface area contributed by atoms with Gasteiger partial charge in [-0.1, -0.05) is 51.1 Å². The average molecular weight is 284 g/mol. The van der Waals surface area contributed by atoms with Crippen molar-refractivity contribution in [2.45, 2.75) is 65.5 Å². The molecule has 0 heterocycles. The number of hydrogen-bond acceptors (Lipinski definition) is 2. The zero-order valence-corrected chi connectivity index (χ0v) is 14.1. The highest BCUT2D eigenvalue weighted by atomic mass is 14.9. The molecule has 1 saturated carbocycles. The maximum atomic E-state index is 4.62. The second-order valence-electron chi connectivity index (χ2n) is 7.83. The minimum atomic E-state index is -0.263.